The molecular weight excluding hydrogens is 190 g/mol. The van der Waals surface area contributed by atoms with Gasteiger partial charge in [0.15, 0.2) is 0 Å². The molecule has 2 rings (SSSR count). The molecule has 0 radical (unpaired) electrons. The van der Waals surface area contributed by atoms with Crippen molar-refractivity contribution in [3.63, 3.8) is 0 Å². The third-order valence-corrected chi connectivity index (χ3v) is 2.78. The van der Waals surface area contributed by atoms with E-state index in [2.05, 4.69) is 15.3 Å². The minimum absolute atomic E-state index is 0.533. The van der Waals surface area contributed by atoms with Crippen LogP contribution >= 0.6 is 0 Å². The fraction of sp³-hybridized carbons (Fsp3) is 0.636. The molecule has 1 N–H and O–H groups in total. The van der Waals surface area contributed by atoms with Gasteiger partial charge >= 0.3 is 0 Å². The third-order valence-electron chi connectivity index (χ3n) is 2.78. The SMILES string of the molecule is COc1ccnc(NC2CCCCC2)n1. The van der Waals surface area contributed by atoms with Gasteiger partial charge in [-0.1, -0.05) is 19.3 Å². The number of aromatic nitrogens is 2. The molecule has 0 aliphatic heterocycles. The van der Waals surface area contributed by atoms with Gasteiger partial charge < -0.3 is 10.1 Å². The molecule has 1 aliphatic carbocycles. The molecule has 1 aromatic heterocycles. The minimum Gasteiger partial charge on any atom is -0.481 e. The fourth-order valence-electron chi connectivity index (χ4n) is 1.95. The van der Waals surface area contributed by atoms with Crippen molar-refractivity contribution < 1.29 is 4.74 Å². The number of anilines is 1. The van der Waals surface area contributed by atoms with Crippen molar-refractivity contribution in [2.75, 3.05) is 12.4 Å². The number of rotatable bonds is 3. The van der Waals surface area contributed by atoms with Crippen LogP contribution in [0.3, 0.4) is 0 Å². The highest BCUT2D eigenvalue weighted by Gasteiger charge is 2.13. The van der Waals surface area contributed by atoms with Crippen LogP contribution in [0, 0.1) is 0 Å². The summed E-state index contributed by atoms with van der Waals surface area (Å²) in [5.41, 5.74) is 0. The Hall–Kier alpha value is -1.32. The highest BCUT2D eigenvalue weighted by Crippen LogP contribution is 2.20. The zero-order valence-electron chi connectivity index (χ0n) is 9.07. The van der Waals surface area contributed by atoms with Gasteiger partial charge in [0.1, 0.15) is 0 Å². The van der Waals surface area contributed by atoms with E-state index in [0.717, 1.165) is 0 Å². The first-order valence-electron chi connectivity index (χ1n) is 5.52. The van der Waals surface area contributed by atoms with Crippen molar-refractivity contribution in [3.8, 4) is 5.88 Å². The van der Waals surface area contributed by atoms with Gasteiger partial charge in [-0.25, -0.2) is 4.98 Å². The summed E-state index contributed by atoms with van der Waals surface area (Å²) in [4.78, 5) is 8.42. The molecule has 0 amide bonds. The Labute approximate surface area is 90.1 Å². The molecule has 0 bridgehead atoms. The molecule has 0 atom stereocenters. The maximum Gasteiger partial charge on any atom is 0.226 e. The smallest absolute Gasteiger partial charge is 0.226 e. The van der Waals surface area contributed by atoms with Crippen molar-refractivity contribution in [3.05, 3.63) is 12.3 Å². The van der Waals surface area contributed by atoms with E-state index in [-0.39, 0.29) is 0 Å². The van der Waals surface area contributed by atoms with Crippen LogP contribution in [-0.4, -0.2) is 23.1 Å². The molecule has 1 aliphatic rings. The lowest BCUT2D eigenvalue weighted by Crippen LogP contribution is -2.23. The summed E-state index contributed by atoms with van der Waals surface area (Å²) < 4.78 is 5.05. The van der Waals surface area contributed by atoms with Crippen LogP contribution in [0.15, 0.2) is 12.3 Å². The van der Waals surface area contributed by atoms with E-state index in [1.54, 1.807) is 19.4 Å². The number of hydrogen-bond donors (Lipinski definition) is 1. The highest BCUT2D eigenvalue weighted by atomic mass is 16.5. The van der Waals surface area contributed by atoms with Crippen molar-refractivity contribution in [1.29, 1.82) is 0 Å². The normalized spacial score (nSPS) is 17.4. The number of nitrogens with one attached hydrogen (secondary N) is 1. The van der Waals surface area contributed by atoms with Crippen LogP contribution < -0.4 is 10.1 Å². The van der Waals surface area contributed by atoms with E-state index in [0.29, 0.717) is 17.9 Å². The molecule has 15 heavy (non-hydrogen) atoms. The Morgan fingerprint density at radius 1 is 1.33 bits per heavy atom. The number of nitrogens with zero attached hydrogens (tertiary/aromatic N) is 2. The molecule has 82 valence electrons. The van der Waals surface area contributed by atoms with Crippen LogP contribution in [-0.2, 0) is 0 Å². The molecule has 1 heterocycles. The quantitative estimate of drug-likeness (QED) is 0.825. The van der Waals surface area contributed by atoms with Gasteiger partial charge in [-0.2, -0.15) is 4.98 Å². The first-order valence-corrected chi connectivity index (χ1v) is 5.52. The molecule has 4 nitrogen and oxygen atoms in total. The third kappa shape index (κ3) is 2.81. The van der Waals surface area contributed by atoms with Crippen LogP contribution in [0.2, 0.25) is 0 Å². The van der Waals surface area contributed by atoms with E-state index in [4.69, 9.17) is 4.74 Å². The van der Waals surface area contributed by atoms with Crippen molar-refractivity contribution >= 4 is 5.95 Å². The van der Waals surface area contributed by atoms with Crippen LogP contribution in [0.4, 0.5) is 5.95 Å². The van der Waals surface area contributed by atoms with Gasteiger partial charge in [0.25, 0.3) is 0 Å². The Balaban J connectivity index is 1.96. The average molecular weight is 207 g/mol. The second kappa shape index (κ2) is 4.96. The van der Waals surface area contributed by atoms with E-state index in [9.17, 15) is 0 Å². The van der Waals surface area contributed by atoms with Crippen LogP contribution in [0.1, 0.15) is 32.1 Å². The van der Waals surface area contributed by atoms with Crippen molar-refractivity contribution in [1.82, 2.24) is 9.97 Å². The van der Waals surface area contributed by atoms with Gasteiger partial charge in [-0.15, -0.1) is 0 Å². The topological polar surface area (TPSA) is 47.0 Å². The van der Waals surface area contributed by atoms with Gasteiger partial charge in [0, 0.05) is 18.3 Å². The minimum atomic E-state index is 0.533. The summed E-state index contributed by atoms with van der Waals surface area (Å²) >= 11 is 0. The predicted molar refractivity (Wildman–Crippen MR) is 59.1 cm³/mol. The molecule has 1 saturated carbocycles. The summed E-state index contributed by atoms with van der Waals surface area (Å²) in [6, 6.07) is 2.29. The summed E-state index contributed by atoms with van der Waals surface area (Å²) in [6.07, 6.45) is 8.14. The van der Waals surface area contributed by atoms with E-state index in [1.807, 2.05) is 0 Å². The lowest BCUT2D eigenvalue weighted by atomic mass is 9.96. The van der Waals surface area contributed by atoms with E-state index < -0.39 is 0 Å². The van der Waals surface area contributed by atoms with Gasteiger partial charge in [0.2, 0.25) is 11.8 Å². The van der Waals surface area contributed by atoms with Crippen LogP contribution in [0.25, 0.3) is 0 Å². The van der Waals surface area contributed by atoms with Gasteiger partial charge in [-0.05, 0) is 12.8 Å². The molecule has 0 aromatic carbocycles. The fourth-order valence-corrected chi connectivity index (χ4v) is 1.95. The maximum atomic E-state index is 5.05. The Morgan fingerprint density at radius 3 is 2.87 bits per heavy atom. The second-order valence-corrected chi connectivity index (χ2v) is 3.90. The first-order chi connectivity index (χ1) is 7.38. The Kier molecular flexibility index (Phi) is 3.37. The zero-order chi connectivity index (χ0) is 10.5. The standard InChI is InChI=1S/C11H17N3O/c1-15-10-7-8-12-11(14-10)13-9-5-3-2-4-6-9/h7-9H,2-6H2,1H3,(H,12,13,14). The lowest BCUT2D eigenvalue weighted by molar-refractivity contribution is 0.396. The van der Waals surface area contributed by atoms with Crippen molar-refractivity contribution in [2.45, 2.75) is 38.1 Å². The average Bonchev–Trinajstić information content (AvgIpc) is 2.31. The Morgan fingerprint density at radius 2 is 2.13 bits per heavy atom. The largest absolute Gasteiger partial charge is 0.481 e. The number of hydrogen-bond acceptors (Lipinski definition) is 4. The highest BCUT2D eigenvalue weighted by molar-refractivity contribution is 5.28. The van der Waals surface area contributed by atoms with E-state index in [1.165, 1.54) is 32.1 Å². The molecule has 1 fully saturated rings. The summed E-state index contributed by atoms with van der Waals surface area (Å²) in [6.45, 7) is 0. The first kappa shape index (κ1) is 10.2. The molecule has 0 unspecified atom stereocenters. The maximum absolute atomic E-state index is 5.05. The summed E-state index contributed by atoms with van der Waals surface area (Å²) in [5.74, 6) is 1.30. The molecule has 4 heteroatoms. The monoisotopic (exact) mass is 207 g/mol. The van der Waals surface area contributed by atoms with Gasteiger partial charge in [-0.3, -0.25) is 0 Å². The second-order valence-electron chi connectivity index (χ2n) is 3.90. The molecule has 0 saturated heterocycles. The lowest BCUT2D eigenvalue weighted by Gasteiger charge is -2.22. The Bertz CT molecular complexity index is 310. The van der Waals surface area contributed by atoms with E-state index >= 15 is 0 Å². The molecule has 1 aromatic rings. The number of ether oxygens (including phenoxy) is 1. The zero-order valence-corrected chi connectivity index (χ0v) is 9.07. The van der Waals surface area contributed by atoms with Crippen LogP contribution in [0.5, 0.6) is 5.88 Å². The summed E-state index contributed by atoms with van der Waals surface area (Å²) in [5, 5.41) is 3.35. The van der Waals surface area contributed by atoms with Gasteiger partial charge in [0.05, 0.1) is 7.11 Å². The van der Waals surface area contributed by atoms with Crippen molar-refractivity contribution in [2.24, 2.45) is 0 Å². The summed E-state index contributed by atoms with van der Waals surface area (Å²) in [7, 11) is 1.62. The predicted octanol–water partition coefficient (Wildman–Crippen LogP) is 2.23. The molecule has 0 spiro atoms. The molecular formula is C11H17N3O. The number of methoxy groups -OCH3 is 1.